The molecular formula is C14H17ClFNO. The van der Waals surface area contributed by atoms with Gasteiger partial charge in [-0.2, -0.15) is 0 Å². The fraction of sp³-hybridized carbons (Fsp3) is 0.571. The molecule has 1 aliphatic carbocycles. The Hall–Kier alpha value is -0.800. The van der Waals surface area contributed by atoms with E-state index in [4.69, 9.17) is 11.6 Å². The molecule has 1 fully saturated rings. The molecule has 0 bridgehead atoms. The van der Waals surface area contributed by atoms with Crippen molar-refractivity contribution < 1.29 is 9.50 Å². The van der Waals surface area contributed by atoms with Crippen LogP contribution in [-0.4, -0.2) is 18.2 Å². The van der Waals surface area contributed by atoms with Gasteiger partial charge in [0.05, 0.1) is 11.1 Å². The van der Waals surface area contributed by atoms with Crippen LogP contribution in [0.4, 0.5) is 10.1 Å². The zero-order chi connectivity index (χ0) is 12.7. The number of halogens is 2. The molecule has 1 aromatic rings. The number of aliphatic hydroxyl groups excluding tert-OH is 1. The molecule has 18 heavy (non-hydrogen) atoms. The first-order chi connectivity index (χ1) is 8.65. The molecule has 2 nitrogen and oxygen atoms in total. The van der Waals surface area contributed by atoms with Crippen molar-refractivity contribution in [3.63, 3.8) is 0 Å². The van der Waals surface area contributed by atoms with Crippen molar-refractivity contribution in [3.8, 4) is 0 Å². The minimum Gasteiger partial charge on any atom is -0.386 e. The van der Waals surface area contributed by atoms with Gasteiger partial charge in [-0.25, -0.2) is 4.39 Å². The van der Waals surface area contributed by atoms with E-state index in [1.54, 1.807) is 0 Å². The lowest BCUT2D eigenvalue weighted by molar-refractivity contribution is 0.193. The Morgan fingerprint density at radius 2 is 2.06 bits per heavy atom. The summed E-state index contributed by atoms with van der Waals surface area (Å²) in [6.07, 6.45) is 4.47. The summed E-state index contributed by atoms with van der Waals surface area (Å²) < 4.78 is 13.4. The Morgan fingerprint density at radius 3 is 2.78 bits per heavy atom. The largest absolute Gasteiger partial charge is 0.386 e. The second-order valence-electron chi connectivity index (χ2n) is 5.39. The van der Waals surface area contributed by atoms with Gasteiger partial charge in [-0.05, 0) is 30.9 Å². The van der Waals surface area contributed by atoms with Gasteiger partial charge in [-0.3, -0.25) is 0 Å². The fourth-order valence-electron chi connectivity index (χ4n) is 3.24. The number of anilines is 1. The minimum absolute atomic E-state index is 0.329. The highest BCUT2D eigenvalue weighted by Gasteiger charge is 2.31. The summed E-state index contributed by atoms with van der Waals surface area (Å²) in [5, 5.41) is 10.4. The third-order valence-electron chi connectivity index (χ3n) is 4.09. The first-order valence-electron chi connectivity index (χ1n) is 6.57. The quantitative estimate of drug-likeness (QED) is 0.888. The van der Waals surface area contributed by atoms with E-state index in [2.05, 4.69) is 4.90 Å². The van der Waals surface area contributed by atoms with E-state index in [1.165, 1.54) is 37.8 Å². The molecule has 4 heteroatoms. The van der Waals surface area contributed by atoms with E-state index in [-0.39, 0.29) is 5.82 Å². The van der Waals surface area contributed by atoms with Crippen molar-refractivity contribution in [2.75, 3.05) is 18.0 Å². The third kappa shape index (κ3) is 2.10. The first kappa shape index (κ1) is 12.2. The summed E-state index contributed by atoms with van der Waals surface area (Å²) in [4.78, 5) is 2.09. The van der Waals surface area contributed by atoms with Gasteiger partial charge in [0, 0.05) is 24.3 Å². The normalized spacial score (nSPS) is 23.7. The summed E-state index contributed by atoms with van der Waals surface area (Å²) in [6.45, 7) is 1.44. The standard InChI is InChI=1S/C14H17ClFNO/c15-11-5-10(16)6-12-14(11)13(18)8-17(12)7-9-3-1-2-4-9/h5-6,9,13,18H,1-4,7-8H2. The molecule has 1 atom stereocenters. The average Bonchev–Trinajstić information content (AvgIpc) is 2.88. The number of fused-ring (bicyclic) bond motifs is 1. The average molecular weight is 270 g/mol. The lowest BCUT2D eigenvalue weighted by Gasteiger charge is -2.23. The SMILES string of the molecule is OC1CN(CC2CCCC2)c2cc(F)cc(Cl)c21. The van der Waals surface area contributed by atoms with Crippen LogP contribution in [0.2, 0.25) is 5.02 Å². The maximum Gasteiger partial charge on any atom is 0.126 e. The topological polar surface area (TPSA) is 23.5 Å². The van der Waals surface area contributed by atoms with Gasteiger partial charge in [0.25, 0.3) is 0 Å². The smallest absolute Gasteiger partial charge is 0.126 e. The van der Waals surface area contributed by atoms with Crippen LogP contribution in [0.25, 0.3) is 0 Å². The number of aliphatic hydroxyl groups is 1. The van der Waals surface area contributed by atoms with Crippen molar-refractivity contribution in [3.05, 3.63) is 28.5 Å². The van der Waals surface area contributed by atoms with Crippen molar-refractivity contribution in [2.45, 2.75) is 31.8 Å². The van der Waals surface area contributed by atoms with Crippen LogP contribution in [0.5, 0.6) is 0 Å². The minimum atomic E-state index is -0.588. The van der Waals surface area contributed by atoms with Crippen LogP contribution < -0.4 is 4.90 Å². The van der Waals surface area contributed by atoms with Crippen molar-refractivity contribution in [2.24, 2.45) is 5.92 Å². The second kappa shape index (κ2) is 4.71. The number of benzene rings is 1. The molecule has 0 radical (unpaired) electrons. The number of hydrogen-bond donors (Lipinski definition) is 1. The third-order valence-corrected chi connectivity index (χ3v) is 4.41. The van der Waals surface area contributed by atoms with Gasteiger partial charge in [0.2, 0.25) is 0 Å². The van der Waals surface area contributed by atoms with E-state index in [0.29, 0.717) is 23.0 Å². The molecule has 1 aliphatic heterocycles. The van der Waals surface area contributed by atoms with E-state index in [1.807, 2.05) is 0 Å². The van der Waals surface area contributed by atoms with Crippen LogP contribution in [0, 0.1) is 11.7 Å². The summed E-state index contributed by atoms with van der Waals surface area (Å²) >= 11 is 6.03. The number of hydrogen-bond acceptors (Lipinski definition) is 2. The lowest BCUT2D eigenvalue weighted by atomic mass is 10.1. The summed E-state index contributed by atoms with van der Waals surface area (Å²) in [5.41, 5.74) is 1.47. The molecule has 98 valence electrons. The van der Waals surface area contributed by atoms with E-state index >= 15 is 0 Å². The van der Waals surface area contributed by atoms with Gasteiger partial charge in [-0.1, -0.05) is 24.4 Å². The molecule has 0 saturated heterocycles. The van der Waals surface area contributed by atoms with Gasteiger partial charge in [-0.15, -0.1) is 0 Å². The second-order valence-corrected chi connectivity index (χ2v) is 5.80. The van der Waals surface area contributed by atoms with E-state index in [0.717, 1.165) is 12.2 Å². The Labute approximate surface area is 111 Å². The first-order valence-corrected chi connectivity index (χ1v) is 6.95. The zero-order valence-corrected chi connectivity index (χ0v) is 11.0. The molecule has 2 aliphatic rings. The number of nitrogens with zero attached hydrogens (tertiary/aromatic N) is 1. The molecule has 0 amide bonds. The van der Waals surface area contributed by atoms with Crippen LogP contribution in [0.15, 0.2) is 12.1 Å². The molecular weight excluding hydrogens is 253 g/mol. The molecule has 1 aromatic carbocycles. The number of rotatable bonds is 2. The highest BCUT2D eigenvalue weighted by atomic mass is 35.5. The Kier molecular flexibility index (Phi) is 3.20. The zero-order valence-electron chi connectivity index (χ0n) is 10.2. The van der Waals surface area contributed by atoms with Crippen LogP contribution >= 0.6 is 11.6 Å². The van der Waals surface area contributed by atoms with Gasteiger partial charge < -0.3 is 10.0 Å². The van der Waals surface area contributed by atoms with Gasteiger partial charge in [0.15, 0.2) is 0 Å². The maximum atomic E-state index is 13.4. The van der Waals surface area contributed by atoms with Crippen LogP contribution in [0.3, 0.4) is 0 Å². The highest BCUT2D eigenvalue weighted by Crippen LogP contribution is 2.41. The predicted molar refractivity (Wildman–Crippen MR) is 70.5 cm³/mol. The van der Waals surface area contributed by atoms with Gasteiger partial charge in [0.1, 0.15) is 5.82 Å². The number of β-amino-alcohol motifs (C(OH)–C–C–N with tert-alkyl or cyclic N) is 1. The van der Waals surface area contributed by atoms with Crippen molar-refractivity contribution >= 4 is 17.3 Å². The van der Waals surface area contributed by atoms with Crippen molar-refractivity contribution in [1.29, 1.82) is 0 Å². The monoisotopic (exact) mass is 269 g/mol. The molecule has 1 saturated carbocycles. The molecule has 1 N–H and O–H groups in total. The summed E-state index contributed by atoms with van der Waals surface area (Å²) in [6, 6.07) is 2.77. The Morgan fingerprint density at radius 1 is 1.33 bits per heavy atom. The Bertz CT molecular complexity index is 459. The summed E-state index contributed by atoms with van der Waals surface area (Å²) in [5.74, 6) is 0.342. The molecule has 0 spiro atoms. The van der Waals surface area contributed by atoms with E-state index < -0.39 is 6.10 Å². The maximum absolute atomic E-state index is 13.4. The molecule has 3 rings (SSSR count). The van der Waals surface area contributed by atoms with Crippen molar-refractivity contribution in [1.82, 2.24) is 0 Å². The predicted octanol–water partition coefficient (Wildman–Crippen LogP) is 3.52. The van der Waals surface area contributed by atoms with Crippen LogP contribution in [-0.2, 0) is 0 Å². The fourth-order valence-corrected chi connectivity index (χ4v) is 3.57. The molecule has 1 unspecified atom stereocenters. The van der Waals surface area contributed by atoms with Crippen LogP contribution in [0.1, 0.15) is 37.4 Å². The lowest BCUT2D eigenvalue weighted by Crippen LogP contribution is -2.27. The molecule has 0 aromatic heterocycles. The summed E-state index contributed by atoms with van der Waals surface area (Å²) in [7, 11) is 0. The Balaban J connectivity index is 1.87. The van der Waals surface area contributed by atoms with Gasteiger partial charge >= 0.3 is 0 Å². The molecule has 1 heterocycles. The van der Waals surface area contributed by atoms with E-state index in [9.17, 15) is 9.50 Å². The highest BCUT2D eigenvalue weighted by molar-refractivity contribution is 6.32.